The molecule has 0 aromatic carbocycles. The molecule has 1 amide bonds. The van der Waals surface area contributed by atoms with E-state index in [4.69, 9.17) is 4.74 Å². The van der Waals surface area contributed by atoms with Gasteiger partial charge in [-0.25, -0.2) is 0 Å². The van der Waals surface area contributed by atoms with Gasteiger partial charge in [-0.1, -0.05) is 19.8 Å². The van der Waals surface area contributed by atoms with Gasteiger partial charge >= 0.3 is 6.41 Å². The van der Waals surface area contributed by atoms with Crippen LogP contribution in [0.5, 0.6) is 0 Å². The highest BCUT2D eigenvalue weighted by Gasteiger charge is 2.23. The van der Waals surface area contributed by atoms with Crippen LogP contribution < -0.4 is 0 Å². The number of carbonyl (C=O) groups excluding carboxylic acids is 1. The van der Waals surface area contributed by atoms with Crippen LogP contribution in [0.25, 0.3) is 0 Å². The monoisotopic (exact) mass is 184 g/mol. The van der Waals surface area contributed by atoms with E-state index in [9.17, 15) is 4.79 Å². The SMILES string of the molecule is CCCCCOC1CCCN1[C]=O. The highest BCUT2D eigenvalue weighted by Crippen LogP contribution is 2.16. The highest BCUT2D eigenvalue weighted by atomic mass is 16.5. The first-order valence-electron chi connectivity index (χ1n) is 5.14. The molecule has 0 saturated carbocycles. The van der Waals surface area contributed by atoms with Crippen molar-refractivity contribution in [1.82, 2.24) is 4.90 Å². The first-order valence-corrected chi connectivity index (χ1v) is 5.14. The van der Waals surface area contributed by atoms with Gasteiger partial charge in [0.05, 0.1) is 0 Å². The minimum Gasteiger partial charge on any atom is -0.358 e. The second kappa shape index (κ2) is 5.97. The average Bonchev–Trinajstić information content (AvgIpc) is 2.60. The van der Waals surface area contributed by atoms with Crippen LogP contribution in [-0.4, -0.2) is 30.7 Å². The molecule has 3 nitrogen and oxygen atoms in total. The summed E-state index contributed by atoms with van der Waals surface area (Å²) in [4.78, 5) is 12.1. The van der Waals surface area contributed by atoms with Crippen LogP contribution in [0.15, 0.2) is 0 Å². The smallest absolute Gasteiger partial charge is 0.314 e. The van der Waals surface area contributed by atoms with Gasteiger partial charge in [0.1, 0.15) is 6.23 Å². The molecule has 1 atom stereocenters. The number of amides is 1. The zero-order valence-corrected chi connectivity index (χ0v) is 8.29. The lowest BCUT2D eigenvalue weighted by Crippen LogP contribution is -2.30. The Morgan fingerprint density at radius 2 is 2.38 bits per heavy atom. The summed E-state index contributed by atoms with van der Waals surface area (Å²) < 4.78 is 5.57. The number of nitrogens with zero attached hydrogens (tertiary/aromatic N) is 1. The molecule has 13 heavy (non-hydrogen) atoms. The average molecular weight is 184 g/mol. The van der Waals surface area contributed by atoms with Gasteiger partial charge in [0.15, 0.2) is 0 Å². The van der Waals surface area contributed by atoms with Crippen LogP contribution in [0, 0.1) is 0 Å². The topological polar surface area (TPSA) is 29.5 Å². The van der Waals surface area contributed by atoms with Gasteiger partial charge in [0, 0.05) is 13.2 Å². The Hall–Kier alpha value is -0.570. The fourth-order valence-electron chi connectivity index (χ4n) is 1.59. The van der Waals surface area contributed by atoms with Crippen molar-refractivity contribution in [3.05, 3.63) is 0 Å². The number of rotatable bonds is 6. The summed E-state index contributed by atoms with van der Waals surface area (Å²) in [6, 6.07) is 0. The standard InChI is InChI=1S/C10H18NO2/c1-2-3-4-8-13-10-6-5-7-11(10)9-12/h10H,2-8H2,1H3. The summed E-state index contributed by atoms with van der Waals surface area (Å²) in [5, 5.41) is 0. The van der Waals surface area contributed by atoms with E-state index >= 15 is 0 Å². The number of likely N-dealkylation sites (tertiary alicyclic amines) is 1. The molecule has 0 aromatic heterocycles. The molecule has 1 aliphatic rings. The maximum Gasteiger partial charge on any atom is 0.314 e. The lowest BCUT2D eigenvalue weighted by molar-refractivity contribution is -0.00691. The van der Waals surface area contributed by atoms with Gasteiger partial charge in [-0.2, -0.15) is 0 Å². The Kier molecular flexibility index (Phi) is 4.83. The fourth-order valence-corrected chi connectivity index (χ4v) is 1.59. The minimum absolute atomic E-state index is 0.00866. The van der Waals surface area contributed by atoms with Crippen molar-refractivity contribution in [3.8, 4) is 0 Å². The second-order valence-corrected chi connectivity index (χ2v) is 3.46. The van der Waals surface area contributed by atoms with Crippen molar-refractivity contribution in [2.45, 2.75) is 45.3 Å². The molecule has 1 radical (unpaired) electrons. The molecule has 0 bridgehead atoms. The van der Waals surface area contributed by atoms with Crippen LogP contribution in [-0.2, 0) is 9.53 Å². The second-order valence-electron chi connectivity index (χ2n) is 3.46. The summed E-state index contributed by atoms with van der Waals surface area (Å²) in [5.74, 6) is 0. The maximum absolute atomic E-state index is 10.4. The fraction of sp³-hybridized carbons (Fsp3) is 0.900. The predicted molar refractivity (Wildman–Crippen MR) is 50.9 cm³/mol. The third-order valence-electron chi connectivity index (χ3n) is 2.37. The highest BCUT2D eigenvalue weighted by molar-refractivity contribution is 5.48. The largest absolute Gasteiger partial charge is 0.358 e. The van der Waals surface area contributed by atoms with Crippen molar-refractivity contribution >= 4 is 6.41 Å². The van der Waals surface area contributed by atoms with E-state index in [0.29, 0.717) is 0 Å². The molecular weight excluding hydrogens is 166 g/mol. The molecule has 1 aliphatic heterocycles. The normalized spacial score (nSPS) is 22.2. The molecular formula is C10H18NO2. The summed E-state index contributed by atoms with van der Waals surface area (Å²) in [6.07, 6.45) is 7.45. The molecule has 1 saturated heterocycles. The van der Waals surface area contributed by atoms with Crippen LogP contribution >= 0.6 is 0 Å². The number of hydrogen-bond acceptors (Lipinski definition) is 2. The number of hydrogen-bond donors (Lipinski definition) is 0. The minimum atomic E-state index is 0.00866. The van der Waals surface area contributed by atoms with E-state index in [1.807, 2.05) is 6.41 Å². The van der Waals surface area contributed by atoms with Crippen molar-refractivity contribution in [2.24, 2.45) is 0 Å². The van der Waals surface area contributed by atoms with Crippen molar-refractivity contribution in [2.75, 3.05) is 13.2 Å². The van der Waals surface area contributed by atoms with E-state index < -0.39 is 0 Å². The number of ether oxygens (including phenoxy) is 1. The van der Waals surface area contributed by atoms with E-state index in [2.05, 4.69) is 6.92 Å². The summed E-state index contributed by atoms with van der Waals surface area (Å²) >= 11 is 0. The molecule has 0 aliphatic carbocycles. The molecule has 1 heterocycles. The molecule has 1 rings (SSSR count). The zero-order chi connectivity index (χ0) is 9.52. The lowest BCUT2D eigenvalue weighted by Gasteiger charge is -2.19. The van der Waals surface area contributed by atoms with Crippen molar-refractivity contribution in [3.63, 3.8) is 0 Å². The van der Waals surface area contributed by atoms with Gasteiger partial charge in [-0.05, 0) is 19.3 Å². The molecule has 1 fully saturated rings. The van der Waals surface area contributed by atoms with Crippen LogP contribution in [0.4, 0.5) is 0 Å². The predicted octanol–water partition coefficient (Wildman–Crippen LogP) is 1.68. The molecule has 0 spiro atoms. The first-order chi connectivity index (χ1) is 6.38. The van der Waals surface area contributed by atoms with E-state index in [0.717, 1.165) is 32.4 Å². The lowest BCUT2D eigenvalue weighted by atomic mass is 10.3. The molecule has 1 unspecified atom stereocenters. The maximum atomic E-state index is 10.4. The molecule has 75 valence electrons. The zero-order valence-electron chi connectivity index (χ0n) is 8.29. The van der Waals surface area contributed by atoms with Crippen molar-refractivity contribution < 1.29 is 9.53 Å². The van der Waals surface area contributed by atoms with Gasteiger partial charge in [0.2, 0.25) is 0 Å². The Balaban J connectivity index is 2.09. The Bertz CT molecular complexity index is 150. The van der Waals surface area contributed by atoms with Gasteiger partial charge in [0.25, 0.3) is 0 Å². The van der Waals surface area contributed by atoms with Gasteiger partial charge in [-0.3, -0.25) is 4.79 Å². The third kappa shape index (κ3) is 3.35. The van der Waals surface area contributed by atoms with E-state index in [1.54, 1.807) is 4.90 Å². The first kappa shape index (κ1) is 10.5. The molecule has 3 heteroatoms. The van der Waals surface area contributed by atoms with Crippen molar-refractivity contribution in [1.29, 1.82) is 0 Å². The van der Waals surface area contributed by atoms with Crippen LogP contribution in [0.3, 0.4) is 0 Å². The third-order valence-corrected chi connectivity index (χ3v) is 2.37. The summed E-state index contributed by atoms with van der Waals surface area (Å²) in [5.41, 5.74) is 0. The summed E-state index contributed by atoms with van der Waals surface area (Å²) in [6.45, 7) is 3.75. The quantitative estimate of drug-likeness (QED) is 0.588. The van der Waals surface area contributed by atoms with Gasteiger partial charge < -0.3 is 9.64 Å². The Morgan fingerprint density at radius 3 is 3.08 bits per heavy atom. The van der Waals surface area contributed by atoms with Crippen LogP contribution in [0.1, 0.15) is 39.0 Å². The molecule has 0 N–H and O–H groups in total. The molecule has 0 aromatic rings. The van der Waals surface area contributed by atoms with Gasteiger partial charge in [-0.15, -0.1) is 0 Å². The van der Waals surface area contributed by atoms with E-state index in [-0.39, 0.29) is 6.23 Å². The summed E-state index contributed by atoms with van der Waals surface area (Å²) in [7, 11) is 0. The Labute approximate surface area is 80.1 Å². The van der Waals surface area contributed by atoms with E-state index in [1.165, 1.54) is 12.8 Å². The number of unbranched alkanes of at least 4 members (excludes halogenated alkanes) is 2. The van der Waals surface area contributed by atoms with Crippen LogP contribution in [0.2, 0.25) is 0 Å². The Morgan fingerprint density at radius 1 is 1.54 bits per heavy atom.